The number of hydrogen-bond acceptors (Lipinski definition) is 6. The van der Waals surface area contributed by atoms with Gasteiger partial charge in [-0.25, -0.2) is 0 Å². The molecule has 9 heteroatoms. The van der Waals surface area contributed by atoms with Gasteiger partial charge in [-0.2, -0.15) is 0 Å². The second-order valence-corrected chi connectivity index (χ2v) is 6.34. The van der Waals surface area contributed by atoms with Crippen molar-refractivity contribution < 1.29 is 24.0 Å². The monoisotopic (exact) mass is 397 g/mol. The molecule has 150 valence electrons. The van der Waals surface area contributed by atoms with Crippen LogP contribution in [0.1, 0.15) is 11.1 Å². The molecule has 0 aliphatic rings. The first kappa shape index (κ1) is 19.9. The van der Waals surface area contributed by atoms with Gasteiger partial charge in [-0.15, -0.1) is 0 Å². The summed E-state index contributed by atoms with van der Waals surface area (Å²) in [6.45, 7) is 1.14. The summed E-state index contributed by atoms with van der Waals surface area (Å²) in [5.74, 6) is -1.08. The fourth-order valence-corrected chi connectivity index (χ4v) is 2.93. The van der Waals surface area contributed by atoms with Crippen molar-refractivity contribution in [3.05, 3.63) is 63.8 Å². The second kappa shape index (κ2) is 8.42. The number of aromatic nitrogens is 1. The quantitative estimate of drug-likeness (QED) is 0.359. The number of ether oxygens (including phenoxy) is 2. The molecule has 0 saturated carbocycles. The maximum Gasteiger partial charge on any atom is 0.311 e. The van der Waals surface area contributed by atoms with Crippen LogP contribution in [-0.4, -0.2) is 35.5 Å². The summed E-state index contributed by atoms with van der Waals surface area (Å²) in [4.78, 5) is 37.8. The number of esters is 1. The van der Waals surface area contributed by atoms with Gasteiger partial charge in [0.15, 0.2) is 12.4 Å². The molecule has 0 atom stereocenters. The van der Waals surface area contributed by atoms with E-state index in [4.69, 9.17) is 9.47 Å². The number of aryl methyl sites for hydroxylation is 1. The lowest BCUT2D eigenvalue weighted by atomic mass is 10.1. The molecule has 0 bridgehead atoms. The first-order valence-corrected chi connectivity index (χ1v) is 8.72. The lowest BCUT2D eigenvalue weighted by Gasteiger charge is -2.11. The Morgan fingerprint density at radius 2 is 2.00 bits per heavy atom. The number of nitro benzene ring substituents is 1. The van der Waals surface area contributed by atoms with Crippen LogP contribution < -0.4 is 10.1 Å². The van der Waals surface area contributed by atoms with E-state index in [9.17, 15) is 19.7 Å². The Bertz CT molecular complexity index is 1090. The fourth-order valence-electron chi connectivity index (χ4n) is 2.93. The smallest absolute Gasteiger partial charge is 0.311 e. The minimum absolute atomic E-state index is 0.0206. The zero-order chi connectivity index (χ0) is 21.0. The topological polar surface area (TPSA) is 124 Å². The summed E-state index contributed by atoms with van der Waals surface area (Å²) in [5.41, 5.74) is 2.31. The van der Waals surface area contributed by atoms with Gasteiger partial charge < -0.3 is 19.8 Å². The Kier molecular flexibility index (Phi) is 5.77. The van der Waals surface area contributed by atoms with E-state index in [1.165, 1.54) is 19.2 Å². The normalized spacial score (nSPS) is 10.6. The van der Waals surface area contributed by atoms with E-state index < -0.39 is 23.4 Å². The molecule has 1 amide bonds. The molecule has 2 aromatic carbocycles. The maximum absolute atomic E-state index is 12.1. The predicted molar refractivity (Wildman–Crippen MR) is 106 cm³/mol. The van der Waals surface area contributed by atoms with Crippen molar-refractivity contribution in [1.82, 2.24) is 4.98 Å². The Morgan fingerprint density at radius 3 is 2.72 bits per heavy atom. The highest BCUT2D eigenvalue weighted by Gasteiger charge is 2.19. The molecule has 0 aliphatic heterocycles. The van der Waals surface area contributed by atoms with Gasteiger partial charge in [0.2, 0.25) is 0 Å². The standard InChI is InChI=1S/C20H19N3O6/c1-12-7-17(23(26)27)18(28-2)9-16(12)22-19(24)11-29-20(25)8-13-10-21-15-6-4-3-5-14(13)15/h3-7,9-10,21H,8,11H2,1-2H3,(H,22,24). The number of anilines is 1. The van der Waals surface area contributed by atoms with Gasteiger partial charge in [0.1, 0.15) is 0 Å². The van der Waals surface area contributed by atoms with Gasteiger partial charge in [0.25, 0.3) is 5.91 Å². The Morgan fingerprint density at radius 1 is 1.24 bits per heavy atom. The van der Waals surface area contributed by atoms with Gasteiger partial charge in [0.05, 0.1) is 18.5 Å². The number of benzene rings is 2. The fraction of sp³-hybridized carbons (Fsp3) is 0.200. The van der Waals surface area contributed by atoms with Crippen molar-refractivity contribution in [2.45, 2.75) is 13.3 Å². The highest BCUT2D eigenvalue weighted by atomic mass is 16.6. The Hall–Kier alpha value is -3.88. The van der Waals surface area contributed by atoms with Crippen LogP contribution in [0.3, 0.4) is 0 Å². The number of rotatable bonds is 7. The molecule has 1 aromatic heterocycles. The molecular weight excluding hydrogens is 378 g/mol. The van der Waals surface area contributed by atoms with Crippen molar-refractivity contribution in [2.24, 2.45) is 0 Å². The van der Waals surface area contributed by atoms with Crippen molar-refractivity contribution in [1.29, 1.82) is 0 Å². The number of para-hydroxylation sites is 1. The van der Waals surface area contributed by atoms with E-state index in [-0.39, 0.29) is 17.9 Å². The molecule has 0 radical (unpaired) electrons. The van der Waals surface area contributed by atoms with E-state index >= 15 is 0 Å². The average molecular weight is 397 g/mol. The largest absolute Gasteiger partial charge is 0.490 e. The van der Waals surface area contributed by atoms with E-state index in [0.29, 0.717) is 11.3 Å². The summed E-state index contributed by atoms with van der Waals surface area (Å²) in [6, 6.07) is 10.2. The predicted octanol–water partition coefficient (Wildman–Crippen LogP) is 3.12. The molecule has 0 aliphatic carbocycles. The number of H-pyrrole nitrogens is 1. The van der Waals surface area contributed by atoms with Gasteiger partial charge in [-0.1, -0.05) is 18.2 Å². The summed E-state index contributed by atoms with van der Waals surface area (Å²) < 4.78 is 10.0. The van der Waals surface area contributed by atoms with Crippen LogP contribution in [-0.2, 0) is 20.7 Å². The number of carbonyl (C=O) groups is 2. The molecule has 29 heavy (non-hydrogen) atoms. The third-order valence-corrected chi connectivity index (χ3v) is 4.37. The number of amides is 1. The maximum atomic E-state index is 12.1. The molecule has 0 spiro atoms. The summed E-state index contributed by atoms with van der Waals surface area (Å²) in [7, 11) is 1.30. The first-order chi connectivity index (χ1) is 13.9. The Labute approximate surface area is 165 Å². The van der Waals surface area contributed by atoms with E-state index in [1.807, 2.05) is 24.3 Å². The zero-order valence-electron chi connectivity index (χ0n) is 15.9. The molecule has 0 fully saturated rings. The number of nitrogens with one attached hydrogen (secondary N) is 2. The Balaban J connectivity index is 1.60. The molecule has 9 nitrogen and oxygen atoms in total. The van der Waals surface area contributed by atoms with Crippen molar-refractivity contribution in [3.8, 4) is 5.75 Å². The minimum Gasteiger partial charge on any atom is -0.490 e. The van der Waals surface area contributed by atoms with Crippen LogP contribution >= 0.6 is 0 Å². The molecule has 3 rings (SSSR count). The summed E-state index contributed by atoms with van der Waals surface area (Å²) in [5, 5.41) is 14.5. The van der Waals surface area contributed by atoms with Crippen LogP contribution in [0.15, 0.2) is 42.6 Å². The number of methoxy groups -OCH3 is 1. The molecule has 3 aromatic rings. The molecule has 1 heterocycles. The third-order valence-electron chi connectivity index (χ3n) is 4.37. The van der Waals surface area contributed by atoms with Crippen LogP contribution in [0.2, 0.25) is 0 Å². The number of nitro groups is 1. The van der Waals surface area contributed by atoms with Gasteiger partial charge in [-0.05, 0) is 24.1 Å². The van der Waals surface area contributed by atoms with E-state index in [2.05, 4.69) is 10.3 Å². The molecule has 0 saturated heterocycles. The van der Waals surface area contributed by atoms with Crippen LogP contribution in [0.25, 0.3) is 10.9 Å². The number of aromatic amines is 1. The van der Waals surface area contributed by atoms with Crippen LogP contribution in [0.5, 0.6) is 5.75 Å². The SMILES string of the molecule is COc1cc(NC(=O)COC(=O)Cc2c[nH]c3ccccc23)c(C)cc1[N+](=O)[O-]. The van der Waals surface area contributed by atoms with Crippen LogP contribution in [0, 0.1) is 17.0 Å². The van der Waals surface area contributed by atoms with Gasteiger partial charge in [0, 0.05) is 34.9 Å². The first-order valence-electron chi connectivity index (χ1n) is 8.72. The highest BCUT2D eigenvalue weighted by Crippen LogP contribution is 2.32. The van der Waals surface area contributed by atoms with Crippen molar-refractivity contribution in [3.63, 3.8) is 0 Å². The van der Waals surface area contributed by atoms with Crippen molar-refractivity contribution >= 4 is 34.2 Å². The second-order valence-electron chi connectivity index (χ2n) is 6.34. The molecular formula is C20H19N3O6. The molecule has 2 N–H and O–H groups in total. The van der Waals surface area contributed by atoms with Crippen LogP contribution in [0.4, 0.5) is 11.4 Å². The van der Waals surface area contributed by atoms with Gasteiger partial charge in [-0.3, -0.25) is 19.7 Å². The number of hydrogen-bond donors (Lipinski definition) is 2. The zero-order valence-corrected chi connectivity index (χ0v) is 15.9. The summed E-state index contributed by atoms with van der Waals surface area (Å²) >= 11 is 0. The molecule has 0 unspecified atom stereocenters. The van der Waals surface area contributed by atoms with E-state index in [0.717, 1.165) is 16.5 Å². The third kappa shape index (κ3) is 4.52. The lowest BCUT2D eigenvalue weighted by molar-refractivity contribution is -0.385. The highest BCUT2D eigenvalue weighted by molar-refractivity contribution is 5.94. The average Bonchev–Trinajstić information content (AvgIpc) is 3.10. The number of nitrogens with zero attached hydrogens (tertiary/aromatic N) is 1. The van der Waals surface area contributed by atoms with Gasteiger partial charge >= 0.3 is 11.7 Å². The van der Waals surface area contributed by atoms with Crippen molar-refractivity contribution in [2.75, 3.05) is 19.0 Å². The summed E-state index contributed by atoms with van der Waals surface area (Å²) in [6.07, 6.45) is 1.76. The number of fused-ring (bicyclic) bond motifs is 1. The lowest BCUT2D eigenvalue weighted by Crippen LogP contribution is -2.22. The van der Waals surface area contributed by atoms with E-state index in [1.54, 1.807) is 13.1 Å². The minimum atomic E-state index is -0.566. The number of carbonyl (C=O) groups excluding carboxylic acids is 2.